The van der Waals surface area contributed by atoms with E-state index in [4.69, 9.17) is 4.74 Å². The van der Waals surface area contributed by atoms with Crippen molar-refractivity contribution >= 4 is 21.5 Å². The fourth-order valence-corrected chi connectivity index (χ4v) is 4.46. The highest BCUT2D eigenvalue weighted by Gasteiger charge is 2.16. The fourth-order valence-electron chi connectivity index (χ4n) is 3.35. The van der Waals surface area contributed by atoms with Crippen LogP contribution in [0.1, 0.15) is 34.5 Å². The van der Waals surface area contributed by atoms with Gasteiger partial charge >= 0.3 is 0 Å². The molecule has 2 aromatic carbocycles. The molecule has 0 aliphatic rings. The average molecular weight is 478 g/mol. The van der Waals surface area contributed by atoms with E-state index >= 15 is 0 Å². The lowest BCUT2D eigenvalue weighted by Gasteiger charge is -2.11. The summed E-state index contributed by atoms with van der Waals surface area (Å²) in [6, 6.07) is 15.9. The van der Waals surface area contributed by atoms with Crippen LogP contribution in [0.3, 0.4) is 0 Å². The topological polar surface area (TPSA) is 116 Å². The summed E-state index contributed by atoms with van der Waals surface area (Å²) in [5, 5.41) is 4.44. The number of aromatic nitrogens is 4. The van der Waals surface area contributed by atoms with Gasteiger partial charge in [-0.2, -0.15) is 10.1 Å². The van der Waals surface area contributed by atoms with Gasteiger partial charge in [-0.3, -0.25) is 9.52 Å². The summed E-state index contributed by atoms with van der Waals surface area (Å²) >= 11 is 0. The largest absolute Gasteiger partial charge is 0.439 e. The Balaban J connectivity index is 1.52. The molecule has 1 N–H and O–H groups in total. The van der Waals surface area contributed by atoms with Crippen LogP contribution in [0.25, 0.3) is 5.82 Å². The summed E-state index contributed by atoms with van der Waals surface area (Å²) in [7, 11) is -3.86. The number of carbonyl (C=O) groups is 1. The molecule has 4 aromatic rings. The summed E-state index contributed by atoms with van der Waals surface area (Å²) in [5.41, 5.74) is 2.49. The number of anilines is 1. The molecular weight excluding hydrogens is 454 g/mol. The zero-order chi connectivity index (χ0) is 24.5. The van der Waals surface area contributed by atoms with Crippen molar-refractivity contribution in [3.8, 4) is 17.4 Å². The molecule has 0 spiro atoms. The Morgan fingerprint density at radius 2 is 1.71 bits per heavy atom. The summed E-state index contributed by atoms with van der Waals surface area (Å²) < 4.78 is 35.5. The second-order valence-corrected chi connectivity index (χ2v) is 9.45. The number of nitrogens with zero attached hydrogens (tertiary/aromatic N) is 4. The molecule has 0 aliphatic heterocycles. The van der Waals surface area contributed by atoms with Crippen LogP contribution < -0.4 is 9.46 Å². The lowest BCUT2D eigenvalue weighted by Crippen LogP contribution is -2.13. The maximum Gasteiger partial charge on any atom is 0.261 e. The third kappa shape index (κ3) is 5.12. The number of hydrogen-bond donors (Lipinski definition) is 1. The van der Waals surface area contributed by atoms with E-state index in [-0.39, 0.29) is 10.7 Å². The fraction of sp³-hybridized carbons (Fsp3) is 0.167. The zero-order valence-corrected chi connectivity index (χ0v) is 19.9. The zero-order valence-electron chi connectivity index (χ0n) is 19.1. The Bertz CT molecular complexity index is 1480. The molecule has 174 valence electrons. The number of ketones is 1. The molecule has 0 fully saturated rings. The summed E-state index contributed by atoms with van der Waals surface area (Å²) in [5.74, 6) is 1.71. The monoisotopic (exact) mass is 477 g/mol. The van der Waals surface area contributed by atoms with Crippen LogP contribution in [-0.2, 0) is 10.0 Å². The van der Waals surface area contributed by atoms with Crippen LogP contribution in [0.5, 0.6) is 11.6 Å². The maximum atomic E-state index is 12.7. The van der Waals surface area contributed by atoms with Gasteiger partial charge in [0.1, 0.15) is 11.6 Å². The number of sulfonamides is 1. The number of ether oxygens (including phenoxy) is 1. The minimum atomic E-state index is -3.86. The quantitative estimate of drug-likeness (QED) is 0.393. The van der Waals surface area contributed by atoms with E-state index in [2.05, 4.69) is 19.8 Å². The Kier molecular flexibility index (Phi) is 6.16. The lowest BCUT2D eigenvalue weighted by atomic mass is 10.2. The second kappa shape index (κ2) is 9.06. The third-order valence-electron chi connectivity index (χ3n) is 4.91. The van der Waals surface area contributed by atoms with Crippen molar-refractivity contribution in [2.45, 2.75) is 32.6 Å². The molecule has 0 radical (unpaired) electrons. The summed E-state index contributed by atoms with van der Waals surface area (Å²) in [6.07, 6.45) is 0. The predicted molar refractivity (Wildman–Crippen MR) is 127 cm³/mol. The van der Waals surface area contributed by atoms with Gasteiger partial charge in [-0.1, -0.05) is 12.1 Å². The van der Waals surface area contributed by atoms with Gasteiger partial charge in [0.15, 0.2) is 11.6 Å². The number of rotatable bonds is 7. The van der Waals surface area contributed by atoms with E-state index in [0.29, 0.717) is 34.5 Å². The normalized spacial score (nSPS) is 11.3. The molecule has 0 unspecified atom stereocenters. The highest BCUT2D eigenvalue weighted by Crippen LogP contribution is 2.25. The van der Waals surface area contributed by atoms with Crippen LogP contribution >= 0.6 is 0 Å². The first kappa shape index (κ1) is 23.1. The van der Waals surface area contributed by atoms with Gasteiger partial charge in [-0.25, -0.2) is 18.1 Å². The van der Waals surface area contributed by atoms with Crippen molar-refractivity contribution in [3.63, 3.8) is 0 Å². The number of hydrogen-bond acceptors (Lipinski definition) is 7. The van der Waals surface area contributed by atoms with E-state index in [0.717, 1.165) is 11.4 Å². The van der Waals surface area contributed by atoms with Gasteiger partial charge in [0.25, 0.3) is 10.0 Å². The second-order valence-electron chi connectivity index (χ2n) is 7.77. The minimum absolute atomic E-state index is 0.00803. The molecule has 10 heteroatoms. The van der Waals surface area contributed by atoms with Crippen LogP contribution in [-0.4, -0.2) is 33.9 Å². The number of benzene rings is 2. The molecule has 2 aromatic heterocycles. The Morgan fingerprint density at radius 3 is 2.35 bits per heavy atom. The number of carbonyl (C=O) groups excluding carboxylic acids is 1. The molecule has 0 aliphatic carbocycles. The van der Waals surface area contributed by atoms with E-state index < -0.39 is 10.0 Å². The van der Waals surface area contributed by atoms with Gasteiger partial charge < -0.3 is 4.74 Å². The van der Waals surface area contributed by atoms with E-state index in [1.165, 1.54) is 25.1 Å². The average Bonchev–Trinajstić information content (AvgIpc) is 3.12. The predicted octanol–water partition coefficient (Wildman–Crippen LogP) is 4.38. The van der Waals surface area contributed by atoms with E-state index in [1.54, 1.807) is 48.0 Å². The molecule has 0 amide bonds. The van der Waals surface area contributed by atoms with Crippen molar-refractivity contribution in [3.05, 3.63) is 83.4 Å². The van der Waals surface area contributed by atoms with Crippen molar-refractivity contribution < 1.29 is 17.9 Å². The number of nitrogens with one attached hydrogen (secondary N) is 1. The van der Waals surface area contributed by atoms with Gasteiger partial charge in [0, 0.05) is 23.0 Å². The molecule has 0 bridgehead atoms. The van der Waals surface area contributed by atoms with Crippen molar-refractivity contribution in [2.24, 2.45) is 0 Å². The Hall–Kier alpha value is -4.05. The van der Waals surface area contributed by atoms with Crippen LogP contribution in [0, 0.1) is 20.8 Å². The molecule has 0 saturated heterocycles. The minimum Gasteiger partial charge on any atom is -0.439 e. The van der Waals surface area contributed by atoms with Crippen LogP contribution in [0.15, 0.2) is 65.6 Å². The maximum absolute atomic E-state index is 12.7. The van der Waals surface area contributed by atoms with E-state index in [9.17, 15) is 13.2 Å². The summed E-state index contributed by atoms with van der Waals surface area (Å²) in [4.78, 5) is 20.3. The Morgan fingerprint density at radius 1 is 0.971 bits per heavy atom. The molecule has 9 nitrogen and oxygen atoms in total. The smallest absolute Gasteiger partial charge is 0.261 e. The van der Waals surface area contributed by atoms with Crippen molar-refractivity contribution in [1.29, 1.82) is 0 Å². The molecule has 4 rings (SSSR count). The van der Waals surface area contributed by atoms with Crippen molar-refractivity contribution in [2.75, 3.05) is 4.72 Å². The standard InChI is InChI=1S/C24H23N5O4S/c1-15-12-16(2)29(27-15)23-14-24(26-18(4)25-23)33-21-10-8-20(9-11-21)28-34(31,32)22-7-5-6-19(13-22)17(3)30/h5-14,28H,1-4H3. The summed E-state index contributed by atoms with van der Waals surface area (Å²) in [6.45, 7) is 7.00. The van der Waals surface area contributed by atoms with Crippen LogP contribution in [0.4, 0.5) is 5.69 Å². The molecule has 34 heavy (non-hydrogen) atoms. The highest BCUT2D eigenvalue weighted by atomic mass is 32.2. The lowest BCUT2D eigenvalue weighted by molar-refractivity contribution is 0.101. The third-order valence-corrected chi connectivity index (χ3v) is 6.29. The van der Waals surface area contributed by atoms with Gasteiger partial charge in [-0.15, -0.1) is 0 Å². The SMILES string of the molecule is CC(=O)c1cccc(S(=O)(=O)Nc2ccc(Oc3cc(-n4nc(C)cc4C)nc(C)n3)cc2)c1. The van der Waals surface area contributed by atoms with Crippen molar-refractivity contribution in [1.82, 2.24) is 19.7 Å². The molecule has 0 atom stereocenters. The number of Topliss-reactive ketones (excluding diaryl/α,β-unsaturated/α-hetero) is 1. The number of aryl methyl sites for hydroxylation is 3. The van der Waals surface area contributed by atoms with Gasteiger partial charge in [0.05, 0.1) is 10.6 Å². The van der Waals surface area contributed by atoms with Gasteiger partial charge in [0.2, 0.25) is 5.88 Å². The first-order valence-electron chi connectivity index (χ1n) is 10.4. The van der Waals surface area contributed by atoms with Crippen LogP contribution in [0.2, 0.25) is 0 Å². The molecule has 0 saturated carbocycles. The molecular formula is C24H23N5O4S. The highest BCUT2D eigenvalue weighted by molar-refractivity contribution is 7.92. The van der Waals surface area contributed by atoms with E-state index in [1.807, 2.05) is 19.9 Å². The van der Waals surface area contributed by atoms with Gasteiger partial charge in [-0.05, 0) is 70.2 Å². The molecule has 2 heterocycles. The first-order valence-corrected chi connectivity index (χ1v) is 11.9. The Labute approximate surface area is 197 Å². The first-order chi connectivity index (χ1) is 16.1.